The highest BCUT2D eigenvalue weighted by atomic mass is 35.5. The van der Waals surface area contributed by atoms with Gasteiger partial charge in [0.15, 0.2) is 0 Å². The second-order valence-electron chi connectivity index (χ2n) is 5.91. The normalized spacial score (nSPS) is 20.4. The van der Waals surface area contributed by atoms with Crippen LogP contribution in [0.15, 0.2) is 24.3 Å². The molecular formula is C16H24ClN3O2. The molecule has 6 heteroatoms. The molecule has 1 saturated heterocycles. The number of amides is 2. The van der Waals surface area contributed by atoms with Crippen molar-refractivity contribution < 1.29 is 9.90 Å². The number of hydrogen-bond acceptors (Lipinski definition) is 3. The molecular weight excluding hydrogens is 302 g/mol. The third kappa shape index (κ3) is 5.16. The van der Waals surface area contributed by atoms with E-state index in [1.165, 1.54) is 6.42 Å². The highest BCUT2D eigenvalue weighted by Crippen LogP contribution is 2.16. The topological polar surface area (TPSA) is 64.6 Å². The molecule has 0 spiro atoms. The molecule has 1 aliphatic heterocycles. The number of halogens is 1. The molecule has 1 aromatic carbocycles. The second kappa shape index (κ2) is 8.36. The fourth-order valence-electron chi connectivity index (χ4n) is 2.82. The van der Waals surface area contributed by atoms with Crippen LogP contribution in [0.4, 0.5) is 4.79 Å². The van der Waals surface area contributed by atoms with Gasteiger partial charge in [0, 0.05) is 18.1 Å². The molecule has 0 aromatic heterocycles. The molecule has 0 aliphatic carbocycles. The average Bonchev–Trinajstić information content (AvgIpc) is 2.52. The number of aliphatic hydroxyl groups is 1. The monoisotopic (exact) mass is 325 g/mol. The molecule has 1 fully saturated rings. The van der Waals surface area contributed by atoms with Crippen LogP contribution in [0, 0.1) is 5.92 Å². The van der Waals surface area contributed by atoms with Crippen LogP contribution in [0.2, 0.25) is 5.02 Å². The molecule has 3 N–H and O–H groups in total. The number of likely N-dealkylation sites (tertiary alicyclic amines) is 1. The van der Waals surface area contributed by atoms with Gasteiger partial charge in [-0.15, -0.1) is 0 Å². The van der Waals surface area contributed by atoms with Crippen molar-refractivity contribution in [2.75, 3.05) is 33.3 Å². The summed E-state index contributed by atoms with van der Waals surface area (Å²) in [5.41, 5.74) is 0.833. The van der Waals surface area contributed by atoms with Crippen molar-refractivity contribution in [3.8, 4) is 0 Å². The van der Waals surface area contributed by atoms with E-state index in [0.29, 0.717) is 17.5 Å². The zero-order valence-electron chi connectivity index (χ0n) is 12.9. The van der Waals surface area contributed by atoms with E-state index in [2.05, 4.69) is 22.6 Å². The standard InChI is InChI=1S/C16H24ClN3O2/c1-20-8-2-3-12(10-20)9-18-16(22)19-15(11-21)13-4-6-14(17)7-5-13/h4-7,12,15,21H,2-3,8-11H2,1H3,(H2,18,19,22). The summed E-state index contributed by atoms with van der Waals surface area (Å²) in [6, 6.07) is 6.43. The van der Waals surface area contributed by atoms with Crippen LogP contribution in [0.1, 0.15) is 24.4 Å². The molecule has 2 rings (SSSR count). The lowest BCUT2D eigenvalue weighted by Gasteiger charge is -2.29. The Morgan fingerprint density at radius 3 is 2.82 bits per heavy atom. The first kappa shape index (κ1) is 17.1. The van der Waals surface area contributed by atoms with Crippen LogP contribution in [0.25, 0.3) is 0 Å². The van der Waals surface area contributed by atoms with E-state index in [-0.39, 0.29) is 12.6 Å². The van der Waals surface area contributed by atoms with Gasteiger partial charge in [-0.25, -0.2) is 4.79 Å². The minimum atomic E-state index is -0.425. The maximum Gasteiger partial charge on any atom is 0.315 e. The molecule has 2 amide bonds. The molecule has 1 heterocycles. The Morgan fingerprint density at radius 2 is 2.18 bits per heavy atom. The van der Waals surface area contributed by atoms with Crippen LogP contribution in [0.5, 0.6) is 0 Å². The molecule has 5 nitrogen and oxygen atoms in total. The van der Waals surface area contributed by atoms with Gasteiger partial charge in [0.05, 0.1) is 12.6 Å². The van der Waals surface area contributed by atoms with E-state index in [1.807, 2.05) is 0 Å². The number of urea groups is 1. The van der Waals surface area contributed by atoms with Gasteiger partial charge in [-0.1, -0.05) is 23.7 Å². The smallest absolute Gasteiger partial charge is 0.315 e. The van der Waals surface area contributed by atoms with E-state index >= 15 is 0 Å². The number of nitrogens with one attached hydrogen (secondary N) is 2. The molecule has 122 valence electrons. The predicted molar refractivity (Wildman–Crippen MR) is 88.0 cm³/mol. The summed E-state index contributed by atoms with van der Waals surface area (Å²) in [5, 5.41) is 15.8. The number of rotatable bonds is 5. The van der Waals surface area contributed by atoms with Gasteiger partial charge in [0.25, 0.3) is 0 Å². The Morgan fingerprint density at radius 1 is 1.45 bits per heavy atom. The first-order valence-corrected chi connectivity index (χ1v) is 8.05. The fraction of sp³-hybridized carbons (Fsp3) is 0.562. The third-order valence-electron chi connectivity index (χ3n) is 4.03. The van der Waals surface area contributed by atoms with E-state index in [0.717, 1.165) is 25.1 Å². The van der Waals surface area contributed by atoms with Crippen molar-refractivity contribution in [2.45, 2.75) is 18.9 Å². The minimum absolute atomic E-state index is 0.152. The number of benzene rings is 1. The average molecular weight is 326 g/mol. The second-order valence-corrected chi connectivity index (χ2v) is 6.35. The summed E-state index contributed by atoms with van der Waals surface area (Å²) in [6.45, 7) is 2.66. The van der Waals surface area contributed by atoms with Crippen LogP contribution in [0.3, 0.4) is 0 Å². The lowest BCUT2D eigenvalue weighted by molar-refractivity contribution is 0.196. The summed E-state index contributed by atoms with van der Waals surface area (Å²) in [7, 11) is 2.11. The number of hydrogen-bond donors (Lipinski definition) is 3. The highest BCUT2D eigenvalue weighted by molar-refractivity contribution is 6.30. The minimum Gasteiger partial charge on any atom is -0.394 e. The summed E-state index contributed by atoms with van der Waals surface area (Å²) >= 11 is 5.85. The molecule has 2 atom stereocenters. The van der Waals surface area contributed by atoms with Crippen LogP contribution in [-0.4, -0.2) is 49.3 Å². The van der Waals surface area contributed by atoms with E-state index in [9.17, 15) is 9.90 Å². The predicted octanol–water partition coefficient (Wildman–Crippen LogP) is 2.01. The van der Waals surface area contributed by atoms with Crippen molar-refractivity contribution in [1.29, 1.82) is 0 Å². The fourth-order valence-corrected chi connectivity index (χ4v) is 2.94. The molecule has 2 unspecified atom stereocenters. The quantitative estimate of drug-likeness (QED) is 0.776. The number of carbonyl (C=O) groups excluding carboxylic acids is 1. The number of carbonyl (C=O) groups is 1. The molecule has 0 saturated carbocycles. The third-order valence-corrected chi connectivity index (χ3v) is 4.29. The van der Waals surface area contributed by atoms with Gasteiger partial charge >= 0.3 is 6.03 Å². The maximum atomic E-state index is 12.0. The Kier molecular flexibility index (Phi) is 6.49. The van der Waals surface area contributed by atoms with Crippen molar-refractivity contribution >= 4 is 17.6 Å². The van der Waals surface area contributed by atoms with Gasteiger partial charge in [-0.05, 0) is 50.0 Å². The summed E-state index contributed by atoms with van der Waals surface area (Å²) in [5.74, 6) is 0.493. The van der Waals surface area contributed by atoms with Gasteiger partial charge in [-0.3, -0.25) is 0 Å². The Balaban J connectivity index is 1.80. The number of aliphatic hydroxyl groups excluding tert-OH is 1. The lowest BCUT2D eigenvalue weighted by Crippen LogP contribution is -2.44. The molecule has 22 heavy (non-hydrogen) atoms. The largest absolute Gasteiger partial charge is 0.394 e. The zero-order valence-corrected chi connectivity index (χ0v) is 13.6. The van der Waals surface area contributed by atoms with Crippen molar-refractivity contribution in [2.24, 2.45) is 5.92 Å². The molecule has 0 bridgehead atoms. The Hall–Kier alpha value is -1.30. The molecule has 1 aromatic rings. The van der Waals surface area contributed by atoms with Gasteiger partial charge in [0.1, 0.15) is 0 Å². The summed E-state index contributed by atoms with van der Waals surface area (Å²) < 4.78 is 0. The van der Waals surface area contributed by atoms with Crippen molar-refractivity contribution in [3.63, 3.8) is 0 Å². The van der Waals surface area contributed by atoms with Crippen molar-refractivity contribution in [1.82, 2.24) is 15.5 Å². The molecule has 1 aliphatic rings. The maximum absolute atomic E-state index is 12.0. The van der Waals surface area contributed by atoms with Gasteiger partial charge in [0.2, 0.25) is 0 Å². The van der Waals surface area contributed by atoms with Crippen molar-refractivity contribution in [3.05, 3.63) is 34.9 Å². The first-order valence-electron chi connectivity index (χ1n) is 7.67. The molecule has 0 radical (unpaired) electrons. The first-order chi connectivity index (χ1) is 10.6. The van der Waals surface area contributed by atoms with Crippen LogP contribution >= 0.6 is 11.6 Å². The van der Waals surface area contributed by atoms with Gasteiger partial charge in [-0.2, -0.15) is 0 Å². The van der Waals surface area contributed by atoms with Crippen LogP contribution < -0.4 is 10.6 Å². The van der Waals surface area contributed by atoms with E-state index in [1.54, 1.807) is 24.3 Å². The highest BCUT2D eigenvalue weighted by Gasteiger charge is 2.19. The number of nitrogens with zero attached hydrogens (tertiary/aromatic N) is 1. The lowest BCUT2D eigenvalue weighted by atomic mass is 9.99. The summed E-state index contributed by atoms with van der Waals surface area (Å²) in [4.78, 5) is 14.3. The Bertz CT molecular complexity index is 481. The summed E-state index contributed by atoms with van der Waals surface area (Å²) in [6.07, 6.45) is 2.32. The Labute approximate surface area is 136 Å². The van der Waals surface area contributed by atoms with E-state index < -0.39 is 6.04 Å². The van der Waals surface area contributed by atoms with E-state index in [4.69, 9.17) is 11.6 Å². The van der Waals surface area contributed by atoms with Crippen LogP contribution in [-0.2, 0) is 0 Å². The zero-order chi connectivity index (χ0) is 15.9. The number of piperidine rings is 1. The van der Waals surface area contributed by atoms with Gasteiger partial charge < -0.3 is 20.6 Å². The SMILES string of the molecule is CN1CCCC(CNC(=O)NC(CO)c2ccc(Cl)cc2)C1.